The number of hydrogen-bond acceptors (Lipinski definition) is 0. The van der Waals surface area contributed by atoms with E-state index in [4.69, 9.17) is 0 Å². The standard InChI is InChI=1S/C9H7F4/c1-2-6-7(9(11,12)13)4-3-5-8(6)10/h3-5H,1-2H2. The van der Waals surface area contributed by atoms with Crippen LogP contribution in [0.25, 0.3) is 0 Å². The summed E-state index contributed by atoms with van der Waals surface area (Å²) < 4.78 is 49.5. The molecule has 1 radical (unpaired) electrons. The first-order chi connectivity index (χ1) is 5.96. The number of alkyl halides is 3. The molecule has 0 nitrogen and oxygen atoms in total. The SMILES string of the molecule is [CH2]Cc1c(F)cccc1C(F)(F)F. The van der Waals surface area contributed by atoms with Gasteiger partial charge in [0.2, 0.25) is 0 Å². The predicted molar refractivity (Wildman–Crippen MR) is 40.5 cm³/mol. The van der Waals surface area contributed by atoms with Crippen LogP contribution in [0.5, 0.6) is 0 Å². The van der Waals surface area contributed by atoms with Gasteiger partial charge in [0, 0.05) is 0 Å². The average molecular weight is 191 g/mol. The molecule has 0 saturated carbocycles. The molecule has 0 aliphatic rings. The summed E-state index contributed by atoms with van der Waals surface area (Å²) in [6.45, 7) is 3.25. The molecule has 13 heavy (non-hydrogen) atoms. The lowest BCUT2D eigenvalue weighted by molar-refractivity contribution is -0.138. The Kier molecular flexibility index (Phi) is 2.59. The minimum atomic E-state index is -4.50. The maximum Gasteiger partial charge on any atom is 0.416 e. The second-order valence-corrected chi connectivity index (χ2v) is 2.51. The van der Waals surface area contributed by atoms with Crippen LogP contribution in [0.3, 0.4) is 0 Å². The minimum absolute atomic E-state index is 0.207. The molecule has 0 N–H and O–H groups in total. The van der Waals surface area contributed by atoms with Crippen LogP contribution in [0.4, 0.5) is 17.6 Å². The Morgan fingerprint density at radius 3 is 2.23 bits per heavy atom. The third-order valence-electron chi connectivity index (χ3n) is 1.67. The van der Waals surface area contributed by atoms with E-state index in [-0.39, 0.29) is 12.0 Å². The molecule has 4 heteroatoms. The van der Waals surface area contributed by atoms with Crippen molar-refractivity contribution >= 4 is 0 Å². The van der Waals surface area contributed by atoms with E-state index in [1.807, 2.05) is 0 Å². The molecule has 71 valence electrons. The van der Waals surface area contributed by atoms with Gasteiger partial charge >= 0.3 is 6.18 Å². The first kappa shape index (κ1) is 10.0. The lowest BCUT2D eigenvalue weighted by Crippen LogP contribution is -2.10. The molecule has 0 aromatic heterocycles. The molecular formula is C9H7F4. The molecule has 0 saturated heterocycles. The number of rotatable bonds is 1. The number of hydrogen-bond donors (Lipinski definition) is 0. The molecule has 0 bridgehead atoms. The van der Waals surface area contributed by atoms with E-state index in [2.05, 4.69) is 6.92 Å². The molecule has 1 aromatic carbocycles. The van der Waals surface area contributed by atoms with E-state index in [0.29, 0.717) is 0 Å². The van der Waals surface area contributed by atoms with Crippen molar-refractivity contribution in [2.45, 2.75) is 12.6 Å². The molecule has 0 fully saturated rings. The van der Waals surface area contributed by atoms with E-state index in [9.17, 15) is 17.6 Å². The highest BCUT2D eigenvalue weighted by Crippen LogP contribution is 2.32. The van der Waals surface area contributed by atoms with Crippen molar-refractivity contribution in [1.29, 1.82) is 0 Å². The van der Waals surface area contributed by atoms with Gasteiger partial charge in [0.05, 0.1) is 5.56 Å². The third kappa shape index (κ3) is 1.99. The Morgan fingerprint density at radius 2 is 1.85 bits per heavy atom. The third-order valence-corrected chi connectivity index (χ3v) is 1.67. The first-order valence-electron chi connectivity index (χ1n) is 3.60. The smallest absolute Gasteiger partial charge is 0.207 e. The highest BCUT2D eigenvalue weighted by molar-refractivity contribution is 5.31. The van der Waals surface area contributed by atoms with Crippen molar-refractivity contribution in [3.8, 4) is 0 Å². The van der Waals surface area contributed by atoms with Crippen molar-refractivity contribution in [3.05, 3.63) is 42.1 Å². The summed E-state index contributed by atoms with van der Waals surface area (Å²) in [6, 6.07) is 2.89. The van der Waals surface area contributed by atoms with Crippen LogP contribution >= 0.6 is 0 Å². The second kappa shape index (κ2) is 3.36. The van der Waals surface area contributed by atoms with Gasteiger partial charge in [-0.05, 0) is 31.0 Å². The van der Waals surface area contributed by atoms with Gasteiger partial charge in [0.1, 0.15) is 5.82 Å². The lowest BCUT2D eigenvalue weighted by Gasteiger charge is -2.11. The van der Waals surface area contributed by atoms with Gasteiger partial charge in [-0.2, -0.15) is 13.2 Å². The van der Waals surface area contributed by atoms with Crippen LogP contribution in [-0.2, 0) is 12.6 Å². The van der Waals surface area contributed by atoms with Crippen molar-refractivity contribution in [2.75, 3.05) is 0 Å². The van der Waals surface area contributed by atoms with Gasteiger partial charge in [-0.3, -0.25) is 0 Å². The van der Waals surface area contributed by atoms with Crippen molar-refractivity contribution < 1.29 is 17.6 Å². The zero-order chi connectivity index (χ0) is 10.1. The van der Waals surface area contributed by atoms with Crippen LogP contribution in [-0.4, -0.2) is 0 Å². The summed E-state index contributed by atoms with van der Waals surface area (Å²) in [5.74, 6) is -0.857. The number of benzene rings is 1. The van der Waals surface area contributed by atoms with Gasteiger partial charge in [-0.15, -0.1) is 0 Å². The molecule has 0 heterocycles. The Bertz CT molecular complexity index is 301. The second-order valence-electron chi connectivity index (χ2n) is 2.51. The quantitative estimate of drug-likeness (QED) is 0.598. The molecule has 0 atom stereocenters. The van der Waals surface area contributed by atoms with Gasteiger partial charge in [-0.25, -0.2) is 4.39 Å². The monoisotopic (exact) mass is 191 g/mol. The Balaban J connectivity index is 3.29. The van der Waals surface area contributed by atoms with Gasteiger partial charge < -0.3 is 0 Å². The van der Waals surface area contributed by atoms with Crippen LogP contribution in [0.1, 0.15) is 11.1 Å². The van der Waals surface area contributed by atoms with E-state index < -0.39 is 17.6 Å². The summed E-state index contributed by atoms with van der Waals surface area (Å²) in [5.41, 5.74) is -1.32. The van der Waals surface area contributed by atoms with Crippen molar-refractivity contribution in [3.63, 3.8) is 0 Å². The van der Waals surface area contributed by atoms with Crippen LogP contribution < -0.4 is 0 Å². The highest BCUT2D eigenvalue weighted by atomic mass is 19.4. The summed E-state index contributed by atoms with van der Waals surface area (Å²) >= 11 is 0. The fourth-order valence-corrected chi connectivity index (χ4v) is 1.08. The molecule has 0 aliphatic carbocycles. The van der Waals surface area contributed by atoms with Gasteiger partial charge in [-0.1, -0.05) is 6.07 Å². The van der Waals surface area contributed by atoms with Gasteiger partial charge in [0.15, 0.2) is 0 Å². The van der Waals surface area contributed by atoms with Gasteiger partial charge in [0.25, 0.3) is 0 Å². The summed E-state index contributed by atoms with van der Waals surface area (Å²) in [7, 11) is 0. The molecule has 0 unspecified atom stereocenters. The van der Waals surface area contributed by atoms with Crippen molar-refractivity contribution in [1.82, 2.24) is 0 Å². The predicted octanol–water partition coefficient (Wildman–Crippen LogP) is 3.22. The minimum Gasteiger partial charge on any atom is -0.207 e. The Morgan fingerprint density at radius 1 is 1.23 bits per heavy atom. The average Bonchev–Trinajstić information content (AvgIpc) is 2.02. The maximum absolute atomic E-state index is 12.8. The van der Waals surface area contributed by atoms with E-state index in [0.717, 1.165) is 18.2 Å². The fourth-order valence-electron chi connectivity index (χ4n) is 1.08. The zero-order valence-electron chi connectivity index (χ0n) is 6.66. The molecular weight excluding hydrogens is 184 g/mol. The summed E-state index contributed by atoms with van der Waals surface area (Å²) in [5, 5.41) is 0. The molecule has 1 aromatic rings. The Labute approximate surface area is 73.2 Å². The van der Waals surface area contributed by atoms with Crippen LogP contribution in [0.15, 0.2) is 18.2 Å². The topological polar surface area (TPSA) is 0 Å². The number of halogens is 4. The largest absolute Gasteiger partial charge is 0.416 e. The maximum atomic E-state index is 12.8. The van der Waals surface area contributed by atoms with Crippen molar-refractivity contribution in [2.24, 2.45) is 0 Å². The molecule has 0 amide bonds. The lowest BCUT2D eigenvalue weighted by atomic mass is 10.0. The molecule has 0 aliphatic heterocycles. The van der Waals surface area contributed by atoms with E-state index in [1.54, 1.807) is 0 Å². The van der Waals surface area contributed by atoms with E-state index in [1.165, 1.54) is 0 Å². The first-order valence-corrected chi connectivity index (χ1v) is 3.60. The highest BCUT2D eigenvalue weighted by Gasteiger charge is 2.33. The van der Waals surface area contributed by atoms with E-state index >= 15 is 0 Å². The normalized spacial score (nSPS) is 11.8. The van der Waals surface area contributed by atoms with Crippen LogP contribution in [0.2, 0.25) is 0 Å². The summed E-state index contributed by atoms with van der Waals surface area (Å²) in [4.78, 5) is 0. The fraction of sp³-hybridized carbons (Fsp3) is 0.222. The zero-order valence-corrected chi connectivity index (χ0v) is 6.66. The summed E-state index contributed by atoms with van der Waals surface area (Å²) in [6.07, 6.45) is -4.71. The molecule has 0 spiro atoms. The van der Waals surface area contributed by atoms with Crippen LogP contribution in [0, 0.1) is 12.7 Å². The Hall–Kier alpha value is -1.06. The molecule has 1 rings (SSSR count).